The molecule has 2 N–H and O–H groups in total. The highest BCUT2D eigenvalue weighted by atomic mass is 35.5. The summed E-state index contributed by atoms with van der Waals surface area (Å²) in [6.07, 6.45) is 0. The molecule has 0 radical (unpaired) electrons. The molecule has 0 aliphatic carbocycles. The minimum absolute atomic E-state index is 0.0167. The van der Waals surface area contributed by atoms with Crippen molar-refractivity contribution in [2.45, 2.75) is 9.79 Å². The third-order valence-electron chi connectivity index (χ3n) is 2.34. The van der Waals surface area contributed by atoms with Gasteiger partial charge in [0.15, 0.2) is 0 Å². The first-order chi connectivity index (χ1) is 8.99. The Kier molecular flexibility index (Phi) is 4.19. The van der Waals surface area contributed by atoms with Crippen molar-refractivity contribution in [3.05, 3.63) is 56.6 Å². The fourth-order valence-corrected chi connectivity index (χ4v) is 3.11. The molecule has 0 bridgehead atoms. The number of hydrogen-bond acceptors (Lipinski definition) is 4. The summed E-state index contributed by atoms with van der Waals surface area (Å²) < 4.78 is 0. The molecular formula is C12H8Cl2N2O2S. The van der Waals surface area contributed by atoms with Crippen LogP contribution >= 0.6 is 35.0 Å². The van der Waals surface area contributed by atoms with Crippen LogP contribution in [-0.2, 0) is 0 Å². The van der Waals surface area contributed by atoms with Gasteiger partial charge in [-0.15, -0.1) is 0 Å². The highest BCUT2D eigenvalue weighted by Gasteiger charge is 2.16. The van der Waals surface area contributed by atoms with Gasteiger partial charge >= 0.3 is 0 Å². The van der Waals surface area contributed by atoms with E-state index in [2.05, 4.69) is 0 Å². The lowest BCUT2D eigenvalue weighted by molar-refractivity contribution is -0.387. The van der Waals surface area contributed by atoms with Gasteiger partial charge in [-0.3, -0.25) is 10.1 Å². The molecule has 2 aromatic rings. The van der Waals surface area contributed by atoms with E-state index in [1.807, 2.05) is 0 Å². The predicted molar refractivity (Wildman–Crippen MR) is 78.1 cm³/mol. The number of nitrogens with zero attached hydrogens (tertiary/aromatic N) is 1. The van der Waals surface area contributed by atoms with E-state index >= 15 is 0 Å². The quantitative estimate of drug-likeness (QED) is 0.509. The lowest BCUT2D eigenvalue weighted by Crippen LogP contribution is -1.93. The van der Waals surface area contributed by atoms with Crippen molar-refractivity contribution in [1.29, 1.82) is 0 Å². The average molecular weight is 315 g/mol. The number of nitro benzene ring substituents is 1. The maximum atomic E-state index is 10.9. The molecule has 2 rings (SSSR count). The number of benzene rings is 2. The lowest BCUT2D eigenvalue weighted by Gasteiger charge is -2.08. The molecule has 7 heteroatoms. The molecule has 98 valence electrons. The highest BCUT2D eigenvalue weighted by molar-refractivity contribution is 7.99. The van der Waals surface area contributed by atoms with Crippen molar-refractivity contribution >= 4 is 46.3 Å². The van der Waals surface area contributed by atoms with Crippen molar-refractivity contribution in [2.75, 3.05) is 5.73 Å². The second-order valence-corrected chi connectivity index (χ2v) is 5.55. The standard InChI is InChI=1S/C12H8Cl2N2O2S/c13-7-5-8(14)12(15)11(6-7)19-10-4-2-1-3-9(10)16(17)18/h1-6H,15H2. The number of nitrogens with two attached hydrogens (primary N) is 1. The molecule has 0 amide bonds. The molecule has 0 unspecified atom stereocenters. The van der Waals surface area contributed by atoms with E-state index in [1.54, 1.807) is 24.3 Å². The normalized spacial score (nSPS) is 10.4. The second-order valence-electron chi connectivity index (χ2n) is 3.63. The molecule has 19 heavy (non-hydrogen) atoms. The Morgan fingerprint density at radius 3 is 2.53 bits per heavy atom. The van der Waals surface area contributed by atoms with Crippen molar-refractivity contribution in [2.24, 2.45) is 0 Å². The van der Waals surface area contributed by atoms with Gasteiger partial charge in [0.2, 0.25) is 0 Å². The molecule has 0 aliphatic rings. The summed E-state index contributed by atoms with van der Waals surface area (Å²) in [4.78, 5) is 11.6. The zero-order valence-electron chi connectivity index (χ0n) is 9.47. The van der Waals surface area contributed by atoms with Crippen LogP contribution in [0.4, 0.5) is 11.4 Å². The van der Waals surface area contributed by atoms with E-state index in [9.17, 15) is 10.1 Å². The molecule has 0 spiro atoms. The Balaban J connectivity index is 2.45. The number of para-hydroxylation sites is 1. The van der Waals surface area contributed by atoms with Crippen LogP contribution < -0.4 is 5.73 Å². The first-order valence-electron chi connectivity index (χ1n) is 5.15. The second kappa shape index (κ2) is 5.69. The van der Waals surface area contributed by atoms with Gasteiger partial charge in [-0.05, 0) is 18.2 Å². The number of nitrogen functional groups attached to an aromatic ring is 1. The molecule has 0 saturated heterocycles. The summed E-state index contributed by atoms with van der Waals surface area (Å²) in [6.45, 7) is 0. The van der Waals surface area contributed by atoms with Crippen LogP contribution in [0.25, 0.3) is 0 Å². The number of halogens is 2. The van der Waals surface area contributed by atoms with Gasteiger partial charge in [0.05, 0.1) is 20.5 Å². The molecule has 0 saturated carbocycles. The topological polar surface area (TPSA) is 69.2 Å². The fraction of sp³-hybridized carbons (Fsp3) is 0. The molecule has 4 nitrogen and oxygen atoms in total. The van der Waals surface area contributed by atoms with E-state index in [0.717, 1.165) is 11.8 Å². The molecule has 0 heterocycles. The zero-order chi connectivity index (χ0) is 14.0. The molecule has 2 aromatic carbocycles. The molecule has 0 fully saturated rings. The Bertz CT molecular complexity index is 650. The highest BCUT2D eigenvalue weighted by Crippen LogP contribution is 2.41. The van der Waals surface area contributed by atoms with Gasteiger partial charge in [0, 0.05) is 16.0 Å². The first-order valence-corrected chi connectivity index (χ1v) is 6.72. The van der Waals surface area contributed by atoms with Crippen molar-refractivity contribution in [3.8, 4) is 0 Å². The lowest BCUT2D eigenvalue weighted by atomic mass is 10.3. The Morgan fingerprint density at radius 2 is 1.84 bits per heavy atom. The number of anilines is 1. The summed E-state index contributed by atoms with van der Waals surface area (Å²) in [5.41, 5.74) is 6.22. The van der Waals surface area contributed by atoms with Gasteiger partial charge in [-0.2, -0.15) is 0 Å². The van der Waals surface area contributed by atoms with Gasteiger partial charge in [-0.25, -0.2) is 0 Å². The SMILES string of the molecule is Nc1c(Cl)cc(Cl)cc1Sc1ccccc1[N+](=O)[O-]. The van der Waals surface area contributed by atoms with Gasteiger partial charge in [0.25, 0.3) is 5.69 Å². The summed E-state index contributed by atoms with van der Waals surface area (Å²) in [7, 11) is 0. The molecule has 0 aromatic heterocycles. The van der Waals surface area contributed by atoms with Crippen molar-refractivity contribution < 1.29 is 4.92 Å². The summed E-state index contributed by atoms with van der Waals surface area (Å²) in [5.74, 6) is 0. The number of rotatable bonds is 3. The van der Waals surface area contributed by atoms with E-state index < -0.39 is 4.92 Å². The van der Waals surface area contributed by atoms with E-state index in [0.29, 0.717) is 25.5 Å². The van der Waals surface area contributed by atoms with Crippen LogP contribution in [0.2, 0.25) is 10.0 Å². The van der Waals surface area contributed by atoms with E-state index in [-0.39, 0.29) is 5.69 Å². The Labute approximate surface area is 123 Å². The van der Waals surface area contributed by atoms with Crippen LogP contribution in [0.5, 0.6) is 0 Å². The maximum Gasteiger partial charge on any atom is 0.283 e. The molecule has 0 atom stereocenters. The van der Waals surface area contributed by atoms with Gasteiger partial charge in [-0.1, -0.05) is 47.1 Å². The van der Waals surface area contributed by atoms with Crippen LogP contribution in [-0.4, -0.2) is 4.92 Å². The fourth-order valence-electron chi connectivity index (χ4n) is 1.46. The Hall–Kier alpha value is -1.43. The zero-order valence-corrected chi connectivity index (χ0v) is 11.8. The van der Waals surface area contributed by atoms with Crippen LogP contribution in [0.1, 0.15) is 0 Å². The van der Waals surface area contributed by atoms with Crippen LogP contribution in [0.15, 0.2) is 46.2 Å². The van der Waals surface area contributed by atoms with Crippen molar-refractivity contribution in [1.82, 2.24) is 0 Å². The largest absolute Gasteiger partial charge is 0.397 e. The summed E-state index contributed by atoms with van der Waals surface area (Å²) in [6, 6.07) is 9.57. The average Bonchev–Trinajstić information content (AvgIpc) is 2.35. The number of nitro groups is 1. The minimum atomic E-state index is -0.440. The predicted octanol–water partition coefficient (Wildman–Crippen LogP) is 4.64. The monoisotopic (exact) mass is 314 g/mol. The van der Waals surface area contributed by atoms with Crippen LogP contribution in [0.3, 0.4) is 0 Å². The third-order valence-corrected chi connectivity index (χ3v) is 3.99. The third kappa shape index (κ3) is 3.12. The summed E-state index contributed by atoms with van der Waals surface area (Å²) in [5, 5.41) is 11.7. The van der Waals surface area contributed by atoms with E-state index in [4.69, 9.17) is 28.9 Å². The number of hydrogen-bond donors (Lipinski definition) is 1. The van der Waals surface area contributed by atoms with Crippen LogP contribution in [0, 0.1) is 10.1 Å². The van der Waals surface area contributed by atoms with Gasteiger partial charge < -0.3 is 5.73 Å². The van der Waals surface area contributed by atoms with Gasteiger partial charge in [0.1, 0.15) is 0 Å². The smallest absolute Gasteiger partial charge is 0.283 e. The minimum Gasteiger partial charge on any atom is -0.397 e. The maximum absolute atomic E-state index is 10.9. The molecule has 0 aliphatic heterocycles. The first kappa shape index (κ1) is 14.0. The Morgan fingerprint density at radius 1 is 1.16 bits per heavy atom. The van der Waals surface area contributed by atoms with Crippen molar-refractivity contribution in [3.63, 3.8) is 0 Å². The summed E-state index contributed by atoms with van der Waals surface area (Å²) >= 11 is 13.0. The van der Waals surface area contributed by atoms with E-state index in [1.165, 1.54) is 12.1 Å². The molecular weight excluding hydrogens is 307 g/mol.